The highest BCUT2D eigenvalue weighted by atomic mass is 32.2. The smallest absolute Gasteiger partial charge is 0.240 e. The predicted octanol–water partition coefficient (Wildman–Crippen LogP) is 1.18. The monoisotopic (exact) mass is 310 g/mol. The van der Waals surface area contributed by atoms with Gasteiger partial charge < -0.3 is 10.5 Å². The lowest BCUT2D eigenvalue weighted by Crippen LogP contribution is -2.41. The molecule has 2 aliphatic rings. The van der Waals surface area contributed by atoms with E-state index in [2.05, 4.69) is 4.72 Å². The maximum atomic E-state index is 12.4. The van der Waals surface area contributed by atoms with E-state index in [4.69, 9.17) is 10.5 Å². The Labute approximate surface area is 125 Å². The van der Waals surface area contributed by atoms with Gasteiger partial charge in [0.15, 0.2) is 0 Å². The van der Waals surface area contributed by atoms with E-state index in [1.807, 2.05) is 12.1 Å². The molecule has 1 aromatic carbocycles. The quantitative estimate of drug-likeness (QED) is 0.826. The Balaban J connectivity index is 1.67. The highest BCUT2D eigenvalue weighted by Crippen LogP contribution is 2.35. The fourth-order valence-corrected chi connectivity index (χ4v) is 4.45. The number of hydrogen-bond acceptors (Lipinski definition) is 4. The van der Waals surface area contributed by atoms with Crippen LogP contribution in [0.3, 0.4) is 0 Å². The first-order valence-corrected chi connectivity index (χ1v) is 9.03. The zero-order valence-electron chi connectivity index (χ0n) is 12.0. The van der Waals surface area contributed by atoms with Gasteiger partial charge in [0.25, 0.3) is 0 Å². The Kier molecular flexibility index (Phi) is 4.31. The lowest BCUT2D eigenvalue weighted by Gasteiger charge is -2.20. The van der Waals surface area contributed by atoms with Gasteiger partial charge in [-0.25, -0.2) is 13.1 Å². The number of aryl methyl sites for hydroxylation is 1. The topological polar surface area (TPSA) is 81.4 Å². The SMILES string of the molecule is NCCCc1ccc(S(=O)(=O)NC2CC3CCC2O3)cc1. The molecule has 1 aromatic rings. The molecule has 0 radical (unpaired) electrons. The van der Waals surface area contributed by atoms with Gasteiger partial charge in [-0.15, -0.1) is 0 Å². The number of sulfonamides is 1. The summed E-state index contributed by atoms with van der Waals surface area (Å²) < 4.78 is 33.3. The molecule has 3 rings (SSSR count). The summed E-state index contributed by atoms with van der Waals surface area (Å²) >= 11 is 0. The fraction of sp³-hybridized carbons (Fsp3) is 0.600. The number of fused-ring (bicyclic) bond motifs is 2. The molecule has 2 fully saturated rings. The molecule has 116 valence electrons. The van der Waals surface area contributed by atoms with Gasteiger partial charge in [-0.2, -0.15) is 0 Å². The molecule has 3 N–H and O–H groups in total. The average Bonchev–Trinajstić information content (AvgIpc) is 3.07. The molecule has 0 amide bonds. The van der Waals surface area contributed by atoms with Crippen molar-refractivity contribution in [2.24, 2.45) is 5.73 Å². The number of nitrogens with two attached hydrogens (primary N) is 1. The molecule has 6 heteroatoms. The van der Waals surface area contributed by atoms with Crippen LogP contribution in [0.25, 0.3) is 0 Å². The van der Waals surface area contributed by atoms with Gasteiger partial charge in [0.2, 0.25) is 10.0 Å². The minimum atomic E-state index is -3.46. The van der Waals surface area contributed by atoms with Crippen molar-refractivity contribution in [3.8, 4) is 0 Å². The lowest BCUT2D eigenvalue weighted by molar-refractivity contribution is 0.0996. The summed E-state index contributed by atoms with van der Waals surface area (Å²) in [5.74, 6) is 0. The number of benzene rings is 1. The second kappa shape index (κ2) is 6.04. The third kappa shape index (κ3) is 3.29. The fourth-order valence-electron chi connectivity index (χ4n) is 3.17. The third-order valence-electron chi connectivity index (χ3n) is 4.32. The standard InChI is InChI=1S/C15H22N2O3S/c16-9-1-2-11-3-6-13(7-4-11)21(18,19)17-14-10-12-5-8-15(14)20-12/h3-4,6-7,12,14-15,17H,1-2,5,8-10,16H2. The highest BCUT2D eigenvalue weighted by molar-refractivity contribution is 7.89. The Morgan fingerprint density at radius 1 is 1.24 bits per heavy atom. The summed E-state index contributed by atoms with van der Waals surface area (Å²) in [6, 6.07) is 6.98. The van der Waals surface area contributed by atoms with Crippen molar-refractivity contribution in [3.05, 3.63) is 29.8 Å². The van der Waals surface area contributed by atoms with Crippen molar-refractivity contribution in [1.82, 2.24) is 4.72 Å². The molecule has 2 aliphatic heterocycles. The zero-order valence-corrected chi connectivity index (χ0v) is 12.8. The molecule has 2 saturated heterocycles. The lowest BCUT2D eigenvalue weighted by atomic mass is 9.96. The molecule has 0 aliphatic carbocycles. The van der Waals surface area contributed by atoms with E-state index in [9.17, 15) is 8.42 Å². The van der Waals surface area contributed by atoms with Crippen molar-refractivity contribution in [1.29, 1.82) is 0 Å². The van der Waals surface area contributed by atoms with Crippen LogP contribution in [0.1, 0.15) is 31.2 Å². The van der Waals surface area contributed by atoms with Crippen LogP contribution in [0, 0.1) is 0 Å². The first kappa shape index (κ1) is 15.0. The maximum Gasteiger partial charge on any atom is 0.240 e. The molecule has 5 nitrogen and oxygen atoms in total. The van der Waals surface area contributed by atoms with Crippen LogP contribution in [0.2, 0.25) is 0 Å². The van der Waals surface area contributed by atoms with E-state index in [1.54, 1.807) is 12.1 Å². The van der Waals surface area contributed by atoms with E-state index in [0.717, 1.165) is 37.7 Å². The van der Waals surface area contributed by atoms with Crippen molar-refractivity contribution >= 4 is 10.0 Å². The first-order valence-electron chi connectivity index (χ1n) is 7.55. The Morgan fingerprint density at radius 3 is 2.57 bits per heavy atom. The molecule has 3 unspecified atom stereocenters. The van der Waals surface area contributed by atoms with Crippen molar-refractivity contribution in [2.45, 2.75) is 55.2 Å². The summed E-state index contributed by atoms with van der Waals surface area (Å²) in [4.78, 5) is 0.321. The van der Waals surface area contributed by atoms with Crippen LogP contribution in [0.15, 0.2) is 29.2 Å². The number of hydrogen-bond donors (Lipinski definition) is 2. The summed E-state index contributed by atoms with van der Waals surface area (Å²) in [6.07, 6.45) is 4.87. The van der Waals surface area contributed by atoms with Gasteiger partial charge in [0.05, 0.1) is 23.1 Å². The summed E-state index contributed by atoms with van der Waals surface area (Å²) in [6.45, 7) is 0.645. The molecular formula is C15H22N2O3S. The molecular weight excluding hydrogens is 288 g/mol. The second-order valence-electron chi connectivity index (χ2n) is 5.87. The van der Waals surface area contributed by atoms with Gasteiger partial charge in [-0.05, 0) is 56.3 Å². The molecule has 0 saturated carbocycles. The molecule has 2 heterocycles. The van der Waals surface area contributed by atoms with Crippen LogP contribution in [0.4, 0.5) is 0 Å². The van der Waals surface area contributed by atoms with Crippen LogP contribution in [-0.4, -0.2) is 33.2 Å². The van der Waals surface area contributed by atoms with E-state index in [1.165, 1.54) is 0 Å². The average molecular weight is 310 g/mol. The van der Waals surface area contributed by atoms with E-state index in [-0.39, 0.29) is 18.2 Å². The Bertz CT molecular complexity index is 585. The maximum absolute atomic E-state index is 12.4. The van der Waals surface area contributed by atoms with Crippen LogP contribution < -0.4 is 10.5 Å². The van der Waals surface area contributed by atoms with E-state index in [0.29, 0.717) is 11.4 Å². The van der Waals surface area contributed by atoms with Crippen LogP contribution in [-0.2, 0) is 21.2 Å². The largest absolute Gasteiger partial charge is 0.373 e. The normalized spacial score (nSPS) is 28.1. The number of nitrogens with one attached hydrogen (secondary N) is 1. The molecule has 0 spiro atoms. The number of ether oxygens (including phenoxy) is 1. The second-order valence-corrected chi connectivity index (χ2v) is 7.59. The minimum absolute atomic E-state index is 0.0496. The van der Waals surface area contributed by atoms with Gasteiger partial charge >= 0.3 is 0 Å². The van der Waals surface area contributed by atoms with E-state index >= 15 is 0 Å². The zero-order chi connectivity index (χ0) is 14.9. The van der Waals surface area contributed by atoms with Crippen LogP contribution in [0.5, 0.6) is 0 Å². The first-order chi connectivity index (χ1) is 10.1. The molecule has 2 bridgehead atoms. The third-order valence-corrected chi connectivity index (χ3v) is 5.82. The predicted molar refractivity (Wildman–Crippen MR) is 80.4 cm³/mol. The van der Waals surface area contributed by atoms with Crippen molar-refractivity contribution in [3.63, 3.8) is 0 Å². The van der Waals surface area contributed by atoms with Gasteiger partial charge in [-0.1, -0.05) is 12.1 Å². The Hall–Kier alpha value is -0.950. The van der Waals surface area contributed by atoms with E-state index < -0.39 is 10.0 Å². The molecule has 21 heavy (non-hydrogen) atoms. The number of rotatable bonds is 6. The summed E-state index contributed by atoms with van der Waals surface area (Å²) in [7, 11) is -3.46. The van der Waals surface area contributed by atoms with Gasteiger partial charge in [0.1, 0.15) is 0 Å². The Morgan fingerprint density at radius 2 is 2.00 bits per heavy atom. The van der Waals surface area contributed by atoms with Crippen molar-refractivity contribution in [2.75, 3.05) is 6.54 Å². The van der Waals surface area contributed by atoms with Gasteiger partial charge in [0, 0.05) is 0 Å². The molecule has 0 aromatic heterocycles. The highest BCUT2D eigenvalue weighted by Gasteiger charge is 2.42. The van der Waals surface area contributed by atoms with Crippen LogP contribution >= 0.6 is 0 Å². The summed E-state index contributed by atoms with van der Waals surface area (Å²) in [5, 5.41) is 0. The van der Waals surface area contributed by atoms with Crippen molar-refractivity contribution < 1.29 is 13.2 Å². The molecule has 3 atom stereocenters. The minimum Gasteiger partial charge on any atom is -0.373 e. The summed E-state index contributed by atoms with van der Waals surface area (Å²) in [5.41, 5.74) is 6.59. The van der Waals surface area contributed by atoms with Gasteiger partial charge in [-0.3, -0.25) is 0 Å².